The summed E-state index contributed by atoms with van der Waals surface area (Å²) in [6, 6.07) is 0. The van der Waals surface area contributed by atoms with Gasteiger partial charge in [-0.3, -0.25) is 4.79 Å². The topological polar surface area (TPSA) is 44.8 Å². The van der Waals surface area contributed by atoms with Crippen molar-refractivity contribution in [3.8, 4) is 0 Å². The van der Waals surface area contributed by atoms with Gasteiger partial charge in [0.05, 0.1) is 13.2 Å². The summed E-state index contributed by atoms with van der Waals surface area (Å²) < 4.78 is 18.9. The van der Waals surface area contributed by atoms with E-state index in [-0.39, 0.29) is 16.2 Å². The van der Waals surface area contributed by atoms with Crippen molar-refractivity contribution in [3.05, 3.63) is 0 Å². The first-order chi connectivity index (χ1) is 15.4. The molecule has 6 atom stereocenters. The maximum Gasteiger partial charge on any atom is 0.191 e. The molecule has 188 valence electrons. The second-order valence-corrected chi connectivity index (χ2v) is 18.8. The Labute approximate surface area is 203 Å². The lowest BCUT2D eigenvalue weighted by Gasteiger charge is -2.61. The molecule has 0 N–H and O–H groups in total. The number of Topliss-reactive ketones (excluding diaryl/α,β-unsaturated/α-hetero) is 1. The van der Waals surface area contributed by atoms with Gasteiger partial charge in [0, 0.05) is 31.3 Å². The van der Waals surface area contributed by atoms with Crippen molar-refractivity contribution < 1.29 is 18.7 Å². The predicted molar refractivity (Wildman–Crippen MR) is 133 cm³/mol. The summed E-state index contributed by atoms with van der Waals surface area (Å²) in [4.78, 5) is 13.4. The summed E-state index contributed by atoms with van der Waals surface area (Å²) >= 11 is 0. The highest BCUT2D eigenvalue weighted by Gasteiger charge is 2.63. The van der Waals surface area contributed by atoms with E-state index in [1.807, 2.05) is 0 Å². The first-order valence-corrected chi connectivity index (χ1v) is 16.8. The zero-order valence-electron chi connectivity index (χ0n) is 22.1. The van der Waals surface area contributed by atoms with Crippen LogP contribution in [0.5, 0.6) is 0 Å². The number of carbonyl (C=O) groups excluding carboxylic acids is 1. The molecule has 5 rings (SSSR count). The number of rotatable bonds is 4. The van der Waals surface area contributed by atoms with Gasteiger partial charge in [-0.2, -0.15) is 0 Å². The zero-order valence-corrected chi connectivity index (χ0v) is 23.1. The first-order valence-electron chi connectivity index (χ1n) is 13.9. The lowest BCUT2D eigenvalue weighted by atomic mass is 9.44. The van der Waals surface area contributed by atoms with Crippen LogP contribution < -0.4 is 0 Å². The number of fused-ring (bicyclic) bond motifs is 5. The van der Waals surface area contributed by atoms with Gasteiger partial charge >= 0.3 is 0 Å². The Morgan fingerprint density at radius 1 is 1.00 bits per heavy atom. The van der Waals surface area contributed by atoms with Crippen LogP contribution in [-0.2, 0) is 18.7 Å². The third-order valence-electron chi connectivity index (χ3n) is 11.7. The molecule has 0 radical (unpaired) electrons. The molecule has 4 aliphatic carbocycles. The van der Waals surface area contributed by atoms with E-state index < -0.39 is 8.32 Å². The maximum absolute atomic E-state index is 13.4. The minimum atomic E-state index is -1.78. The Balaban J connectivity index is 1.31. The Hall–Kier alpha value is -0.233. The minimum absolute atomic E-state index is 0.0969. The molecule has 5 fully saturated rings. The molecule has 5 heteroatoms. The molecule has 0 aromatic carbocycles. The van der Waals surface area contributed by atoms with Crippen molar-refractivity contribution in [1.29, 1.82) is 0 Å². The Bertz CT molecular complexity index is 766. The molecular weight excluding hydrogens is 428 g/mol. The average molecular weight is 477 g/mol. The van der Waals surface area contributed by atoms with Crippen LogP contribution in [0.2, 0.25) is 18.1 Å². The summed E-state index contributed by atoms with van der Waals surface area (Å²) in [7, 11) is -1.78. The SMILES string of the molecule is CC(C)(C)[Si](C)(C)OCC[C@]12CCC3C(CCC4CC5(CC[C@@]43C)OCCO5)C1CCC2=O. The summed E-state index contributed by atoms with van der Waals surface area (Å²) in [5, 5.41) is 0.222. The Kier molecular flexibility index (Phi) is 6.04. The highest BCUT2D eigenvalue weighted by Crippen LogP contribution is 2.67. The highest BCUT2D eigenvalue weighted by molar-refractivity contribution is 6.74. The van der Waals surface area contributed by atoms with Crippen molar-refractivity contribution in [1.82, 2.24) is 0 Å². The van der Waals surface area contributed by atoms with Crippen LogP contribution in [0.15, 0.2) is 0 Å². The molecule has 1 saturated heterocycles. The molecule has 4 saturated carbocycles. The van der Waals surface area contributed by atoms with E-state index >= 15 is 0 Å². The van der Waals surface area contributed by atoms with Crippen molar-refractivity contribution in [3.63, 3.8) is 0 Å². The van der Waals surface area contributed by atoms with Gasteiger partial charge in [-0.05, 0) is 92.2 Å². The monoisotopic (exact) mass is 476 g/mol. The number of hydrogen-bond acceptors (Lipinski definition) is 4. The summed E-state index contributed by atoms with van der Waals surface area (Å²) in [6.07, 6.45) is 11.2. The number of hydrogen-bond donors (Lipinski definition) is 0. The molecule has 0 amide bonds. The molecule has 4 nitrogen and oxygen atoms in total. The molecule has 1 heterocycles. The Morgan fingerprint density at radius 3 is 2.42 bits per heavy atom. The fourth-order valence-corrected chi connectivity index (χ4v) is 9.74. The van der Waals surface area contributed by atoms with Crippen LogP contribution in [0, 0.1) is 34.5 Å². The maximum atomic E-state index is 13.4. The Morgan fingerprint density at radius 2 is 1.73 bits per heavy atom. The minimum Gasteiger partial charge on any atom is -0.417 e. The van der Waals surface area contributed by atoms with Crippen LogP contribution in [0.25, 0.3) is 0 Å². The molecule has 5 aliphatic rings. The standard InChI is InChI=1S/C28H48O4Si/c1-25(2,3)33(5,6)32-16-15-27-12-11-22-21(23(27)9-10-24(27)29)8-7-20-19-28(30-17-18-31-28)14-13-26(20,22)4/h20-23H,7-19H2,1-6H3/t20?,21?,22?,23?,26-,27+/m0/s1. The van der Waals surface area contributed by atoms with E-state index in [4.69, 9.17) is 13.9 Å². The van der Waals surface area contributed by atoms with E-state index in [1.54, 1.807) is 0 Å². The van der Waals surface area contributed by atoms with E-state index in [1.165, 1.54) is 25.7 Å². The normalized spacial score (nSPS) is 42.8. The smallest absolute Gasteiger partial charge is 0.191 e. The second-order valence-electron chi connectivity index (χ2n) is 14.0. The van der Waals surface area contributed by atoms with Crippen molar-refractivity contribution >= 4 is 14.1 Å². The average Bonchev–Trinajstić information content (AvgIpc) is 3.33. The molecule has 1 aliphatic heterocycles. The summed E-state index contributed by atoms with van der Waals surface area (Å²) in [5.41, 5.74) is 0.291. The second kappa shape index (κ2) is 8.14. The number of ether oxygens (including phenoxy) is 2. The number of ketones is 1. The molecule has 0 aromatic heterocycles. The molecule has 33 heavy (non-hydrogen) atoms. The van der Waals surface area contributed by atoms with Crippen LogP contribution in [-0.4, -0.2) is 39.7 Å². The van der Waals surface area contributed by atoms with E-state index in [9.17, 15) is 4.79 Å². The molecule has 1 spiro atoms. The van der Waals surface area contributed by atoms with Crippen molar-refractivity contribution in [2.75, 3.05) is 19.8 Å². The quantitative estimate of drug-likeness (QED) is 0.422. The fourth-order valence-electron chi connectivity index (χ4n) is 8.70. The number of carbonyl (C=O) groups is 1. The van der Waals surface area contributed by atoms with Crippen molar-refractivity contribution in [2.24, 2.45) is 34.5 Å². The predicted octanol–water partition coefficient (Wildman–Crippen LogP) is 6.73. The van der Waals surface area contributed by atoms with Gasteiger partial charge < -0.3 is 13.9 Å². The van der Waals surface area contributed by atoms with E-state index in [2.05, 4.69) is 40.8 Å². The van der Waals surface area contributed by atoms with E-state index in [0.29, 0.717) is 23.0 Å². The first kappa shape index (κ1) is 24.5. The largest absolute Gasteiger partial charge is 0.417 e. The van der Waals surface area contributed by atoms with Gasteiger partial charge in [-0.1, -0.05) is 27.7 Å². The molecule has 0 bridgehead atoms. The third kappa shape index (κ3) is 3.83. The van der Waals surface area contributed by atoms with Gasteiger partial charge in [-0.25, -0.2) is 0 Å². The fraction of sp³-hybridized carbons (Fsp3) is 0.964. The summed E-state index contributed by atoms with van der Waals surface area (Å²) in [6.45, 7) is 16.5. The molecular formula is C28H48O4Si. The lowest BCUT2D eigenvalue weighted by molar-refractivity contribution is -0.229. The van der Waals surface area contributed by atoms with Crippen LogP contribution >= 0.6 is 0 Å². The van der Waals surface area contributed by atoms with Crippen molar-refractivity contribution in [2.45, 2.75) is 116 Å². The van der Waals surface area contributed by atoms with Gasteiger partial charge in [-0.15, -0.1) is 0 Å². The molecule has 0 aromatic rings. The van der Waals surface area contributed by atoms with Crippen LogP contribution in [0.4, 0.5) is 0 Å². The zero-order chi connectivity index (χ0) is 23.7. The molecule has 4 unspecified atom stereocenters. The van der Waals surface area contributed by atoms with Gasteiger partial charge in [0.15, 0.2) is 14.1 Å². The van der Waals surface area contributed by atoms with Gasteiger partial charge in [0.25, 0.3) is 0 Å². The highest BCUT2D eigenvalue weighted by atomic mass is 28.4. The van der Waals surface area contributed by atoms with Crippen LogP contribution in [0.1, 0.15) is 91.9 Å². The van der Waals surface area contributed by atoms with Crippen LogP contribution in [0.3, 0.4) is 0 Å². The van der Waals surface area contributed by atoms with E-state index in [0.717, 1.165) is 70.2 Å². The third-order valence-corrected chi connectivity index (χ3v) is 16.3. The lowest BCUT2D eigenvalue weighted by Crippen LogP contribution is -2.56. The van der Waals surface area contributed by atoms with Gasteiger partial charge in [0.1, 0.15) is 5.78 Å². The van der Waals surface area contributed by atoms with Gasteiger partial charge in [0.2, 0.25) is 0 Å². The summed E-state index contributed by atoms with van der Waals surface area (Å²) in [5.74, 6) is 3.06.